The number of nitrogens with one attached hydrogen (secondary N) is 1. The molecule has 0 spiro atoms. The Labute approximate surface area is 130 Å². The first-order valence-corrected chi connectivity index (χ1v) is 7.87. The Kier molecular flexibility index (Phi) is 5.28. The number of methoxy groups -OCH3 is 1. The van der Waals surface area contributed by atoms with E-state index in [0.717, 1.165) is 21.0 Å². The molecule has 1 aromatic heterocycles. The molecule has 1 aromatic carbocycles. The number of thiophene rings is 1. The van der Waals surface area contributed by atoms with Crippen LogP contribution in [0, 0.1) is 0 Å². The molecule has 0 saturated carbocycles. The standard InChI is InChI=1S/C14H15BrClNOS/c1-17-12(13-5-6-14(16)19-13)8-9-7-10(18-2)3-4-11(9)15/h3-7,12,17H,8H2,1-2H3. The Morgan fingerprint density at radius 3 is 2.74 bits per heavy atom. The Bertz CT molecular complexity index is 558. The molecule has 0 saturated heterocycles. The molecule has 1 unspecified atom stereocenters. The van der Waals surface area contributed by atoms with Gasteiger partial charge in [0.05, 0.1) is 11.4 Å². The van der Waals surface area contributed by atoms with Crippen LogP contribution in [0.2, 0.25) is 4.34 Å². The minimum atomic E-state index is 0.251. The van der Waals surface area contributed by atoms with Crippen LogP contribution < -0.4 is 10.1 Å². The summed E-state index contributed by atoms with van der Waals surface area (Å²) in [6.45, 7) is 0. The van der Waals surface area contributed by atoms with Crippen molar-refractivity contribution in [1.29, 1.82) is 0 Å². The van der Waals surface area contributed by atoms with Gasteiger partial charge in [0.1, 0.15) is 5.75 Å². The first-order valence-electron chi connectivity index (χ1n) is 5.89. The van der Waals surface area contributed by atoms with Crippen molar-refractivity contribution in [2.24, 2.45) is 0 Å². The monoisotopic (exact) mass is 359 g/mol. The third-order valence-corrected chi connectivity index (χ3v) is 5.08. The zero-order valence-electron chi connectivity index (χ0n) is 10.7. The Hall–Kier alpha value is -0.550. The average Bonchev–Trinajstić information content (AvgIpc) is 2.84. The van der Waals surface area contributed by atoms with Gasteiger partial charge < -0.3 is 10.1 Å². The molecule has 0 aliphatic carbocycles. The van der Waals surface area contributed by atoms with Crippen molar-refractivity contribution >= 4 is 38.9 Å². The van der Waals surface area contributed by atoms with Gasteiger partial charge in [-0.1, -0.05) is 27.5 Å². The molecular formula is C14H15BrClNOS. The van der Waals surface area contributed by atoms with Crippen LogP contribution in [0.4, 0.5) is 0 Å². The van der Waals surface area contributed by atoms with E-state index in [9.17, 15) is 0 Å². The fraction of sp³-hybridized carbons (Fsp3) is 0.286. The first kappa shape index (κ1) is 14.9. The highest BCUT2D eigenvalue weighted by Gasteiger charge is 2.14. The number of benzene rings is 1. The first-order chi connectivity index (χ1) is 9.13. The largest absolute Gasteiger partial charge is 0.497 e. The molecule has 102 valence electrons. The van der Waals surface area contributed by atoms with Gasteiger partial charge in [0.25, 0.3) is 0 Å². The fourth-order valence-corrected chi connectivity index (χ4v) is 3.49. The predicted molar refractivity (Wildman–Crippen MR) is 85.5 cm³/mol. The fourth-order valence-electron chi connectivity index (χ4n) is 1.91. The molecule has 0 aliphatic heterocycles. The summed E-state index contributed by atoms with van der Waals surface area (Å²) in [5.74, 6) is 0.872. The van der Waals surface area contributed by atoms with Gasteiger partial charge in [0.2, 0.25) is 0 Å². The van der Waals surface area contributed by atoms with Crippen molar-refractivity contribution < 1.29 is 4.74 Å². The van der Waals surface area contributed by atoms with Gasteiger partial charge in [-0.3, -0.25) is 0 Å². The number of halogens is 2. The second kappa shape index (κ2) is 6.75. The van der Waals surface area contributed by atoms with E-state index >= 15 is 0 Å². The van der Waals surface area contributed by atoms with Gasteiger partial charge in [0, 0.05) is 15.4 Å². The summed E-state index contributed by atoms with van der Waals surface area (Å²) < 4.78 is 7.19. The highest BCUT2D eigenvalue weighted by atomic mass is 79.9. The zero-order valence-corrected chi connectivity index (χ0v) is 13.9. The summed E-state index contributed by atoms with van der Waals surface area (Å²) in [4.78, 5) is 1.24. The van der Waals surface area contributed by atoms with Crippen molar-refractivity contribution in [3.05, 3.63) is 49.6 Å². The van der Waals surface area contributed by atoms with Crippen LogP contribution in [0.25, 0.3) is 0 Å². The lowest BCUT2D eigenvalue weighted by molar-refractivity contribution is 0.414. The Balaban J connectivity index is 2.23. The van der Waals surface area contributed by atoms with Crippen LogP contribution in [0.3, 0.4) is 0 Å². The van der Waals surface area contributed by atoms with Gasteiger partial charge in [-0.15, -0.1) is 11.3 Å². The van der Waals surface area contributed by atoms with Gasteiger partial charge >= 0.3 is 0 Å². The maximum absolute atomic E-state index is 6.00. The highest BCUT2D eigenvalue weighted by Crippen LogP contribution is 2.31. The number of hydrogen-bond donors (Lipinski definition) is 1. The lowest BCUT2D eigenvalue weighted by Gasteiger charge is -2.16. The summed E-state index contributed by atoms with van der Waals surface area (Å²) in [5, 5.41) is 3.33. The second-order valence-corrected chi connectivity index (χ2v) is 6.75. The van der Waals surface area contributed by atoms with Crippen molar-refractivity contribution in [3.8, 4) is 5.75 Å². The average molecular weight is 361 g/mol. The molecule has 1 atom stereocenters. The van der Waals surface area contributed by atoms with Crippen molar-refractivity contribution in [2.75, 3.05) is 14.2 Å². The number of hydrogen-bond acceptors (Lipinski definition) is 3. The van der Waals surface area contributed by atoms with E-state index < -0.39 is 0 Å². The maximum atomic E-state index is 6.00. The van der Waals surface area contributed by atoms with Crippen LogP contribution >= 0.6 is 38.9 Å². The minimum Gasteiger partial charge on any atom is -0.497 e. The zero-order chi connectivity index (χ0) is 13.8. The van der Waals surface area contributed by atoms with E-state index in [-0.39, 0.29) is 6.04 Å². The molecule has 1 N–H and O–H groups in total. The quantitative estimate of drug-likeness (QED) is 0.836. The summed E-state index contributed by atoms with van der Waals surface area (Å²) >= 11 is 11.2. The SMILES string of the molecule is CNC(Cc1cc(OC)ccc1Br)c1ccc(Cl)s1. The summed E-state index contributed by atoms with van der Waals surface area (Å²) in [7, 11) is 3.65. The molecular weight excluding hydrogens is 346 g/mol. The molecule has 2 rings (SSSR count). The van der Waals surface area contributed by atoms with E-state index in [2.05, 4.69) is 33.4 Å². The molecule has 0 fully saturated rings. The summed E-state index contributed by atoms with van der Waals surface area (Å²) in [6.07, 6.45) is 0.880. The molecule has 0 amide bonds. The number of ether oxygens (including phenoxy) is 1. The van der Waals surface area contributed by atoms with Crippen molar-refractivity contribution in [2.45, 2.75) is 12.5 Å². The third-order valence-electron chi connectivity index (χ3n) is 2.96. The Morgan fingerprint density at radius 1 is 1.37 bits per heavy atom. The van der Waals surface area contributed by atoms with E-state index in [0.29, 0.717) is 0 Å². The van der Waals surface area contributed by atoms with Gasteiger partial charge in [-0.05, 0) is 49.4 Å². The van der Waals surface area contributed by atoms with Crippen LogP contribution in [-0.2, 0) is 6.42 Å². The highest BCUT2D eigenvalue weighted by molar-refractivity contribution is 9.10. The topological polar surface area (TPSA) is 21.3 Å². The maximum Gasteiger partial charge on any atom is 0.119 e. The second-order valence-electron chi connectivity index (χ2n) is 4.14. The minimum absolute atomic E-state index is 0.251. The van der Waals surface area contributed by atoms with Crippen LogP contribution in [-0.4, -0.2) is 14.2 Å². The van der Waals surface area contributed by atoms with Gasteiger partial charge in [-0.2, -0.15) is 0 Å². The third kappa shape index (κ3) is 3.72. The molecule has 5 heteroatoms. The van der Waals surface area contributed by atoms with Crippen LogP contribution in [0.5, 0.6) is 5.75 Å². The lowest BCUT2D eigenvalue weighted by atomic mass is 10.0. The van der Waals surface area contributed by atoms with Gasteiger partial charge in [-0.25, -0.2) is 0 Å². The summed E-state index contributed by atoms with van der Waals surface area (Å²) in [5.41, 5.74) is 1.21. The Morgan fingerprint density at radius 2 is 2.16 bits per heavy atom. The van der Waals surface area contributed by atoms with E-state index in [1.54, 1.807) is 18.4 Å². The van der Waals surface area contributed by atoms with E-state index in [4.69, 9.17) is 16.3 Å². The van der Waals surface area contributed by atoms with E-state index in [1.807, 2.05) is 25.2 Å². The number of rotatable bonds is 5. The van der Waals surface area contributed by atoms with Crippen LogP contribution in [0.1, 0.15) is 16.5 Å². The molecule has 0 aliphatic rings. The van der Waals surface area contributed by atoms with Crippen molar-refractivity contribution in [1.82, 2.24) is 5.32 Å². The van der Waals surface area contributed by atoms with Crippen molar-refractivity contribution in [3.63, 3.8) is 0 Å². The lowest BCUT2D eigenvalue weighted by Crippen LogP contribution is -2.17. The molecule has 0 bridgehead atoms. The van der Waals surface area contributed by atoms with Gasteiger partial charge in [0.15, 0.2) is 0 Å². The summed E-state index contributed by atoms with van der Waals surface area (Å²) in [6, 6.07) is 10.3. The van der Waals surface area contributed by atoms with Crippen LogP contribution in [0.15, 0.2) is 34.8 Å². The van der Waals surface area contributed by atoms with E-state index in [1.165, 1.54) is 10.4 Å². The smallest absolute Gasteiger partial charge is 0.119 e. The number of likely N-dealkylation sites (N-methyl/N-ethyl adjacent to an activating group) is 1. The molecule has 0 radical (unpaired) electrons. The molecule has 19 heavy (non-hydrogen) atoms. The molecule has 1 heterocycles. The molecule has 2 nitrogen and oxygen atoms in total. The predicted octanol–water partition coefficient (Wildman–Crippen LogP) is 4.68. The normalized spacial score (nSPS) is 12.4. The molecule has 2 aromatic rings.